The number of thiazole rings is 1. The van der Waals surface area contributed by atoms with Crippen molar-refractivity contribution in [3.8, 4) is 0 Å². The number of anilines is 1. The summed E-state index contributed by atoms with van der Waals surface area (Å²) in [4.78, 5) is 15.9. The average Bonchev–Trinajstić information content (AvgIpc) is 2.79. The number of nitrogens with zero attached hydrogens (tertiary/aromatic N) is 1. The lowest BCUT2D eigenvalue weighted by Crippen LogP contribution is -2.37. The van der Waals surface area contributed by atoms with Crippen LogP contribution in [0.15, 0.2) is 5.38 Å². The van der Waals surface area contributed by atoms with Crippen LogP contribution in [0.3, 0.4) is 0 Å². The fraction of sp³-hybridized carbons (Fsp3) is 0.692. The molecule has 0 saturated heterocycles. The van der Waals surface area contributed by atoms with E-state index in [0.717, 1.165) is 18.8 Å². The molecule has 3 N–H and O–H groups in total. The summed E-state index contributed by atoms with van der Waals surface area (Å²) >= 11 is 1.31. The summed E-state index contributed by atoms with van der Waals surface area (Å²) in [6.07, 6.45) is 7.24. The standard InChI is InChI=1S/C13H21N3OS/c1-2-3-9-4-6-10(7-5-9)15-12(17)11-8-18-13(14)16-11/h8-10H,2-7H2,1H3,(H2,14,16)(H,15,17). The highest BCUT2D eigenvalue weighted by Crippen LogP contribution is 2.27. The van der Waals surface area contributed by atoms with Crippen LogP contribution in [0.25, 0.3) is 0 Å². The van der Waals surface area contributed by atoms with Crippen molar-refractivity contribution in [2.24, 2.45) is 5.92 Å². The Hall–Kier alpha value is -1.10. The van der Waals surface area contributed by atoms with Gasteiger partial charge in [0.1, 0.15) is 5.69 Å². The van der Waals surface area contributed by atoms with Gasteiger partial charge in [-0.1, -0.05) is 19.8 Å². The zero-order valence-electron chi connectivity index (χ0n) is 10.8. The zero-order chi connectivity index (χ0) is 13.0. The zero-order valence-corrected chi connectivity index (χ0v) is 11.6. The number of nitrogens with one attached hydrogen (secondary N) is 1. The van der Waals surface area contributed by atoms with E-state index in [9.17, 15) is 4.79 Å². The molecule has 1 aliphatic rings. The largest absolute Gasteiger partial charge is 0.375 e. The van der Waals surface area contributed by atoms with Crippen molar-refractivity contribution < 1.29 is 4.79 Å². The van der Waals surface area contributed by atoms with E-state index in [-0.39, 0.29) is 5.91 Å². The Morgan fingerprint density at radius 2 is 2.22 bits per heavy atom. The van der Waals surface area contributed by atoms with Crippen LogP contribution in [0.4, 0.5) is 5.13 Å². The molecule has 1 aromatic rings. The Morgan fingerprint density at radius 3 is 2.78 bits per heavy atom. The fourth-order valence-corrected chi connectivity index (χ4v) is 3.20. The van der Waals surface area contributed by atoms with Crippen LogP contribution in [0.2, 0.25) is 0 Å². The SMILES string of the molecule is CCCC1CCC(NC(=O)c2csc(N)n2)CC1. The minimum absolute atomic E-state index is 0.0816. The number of hydrogen-bond donors (Lipinski definition) is 2. The van der Waals surface area contributed by atoms with E-state index in [0.29, 0.717) is 16.9 Å². The van der Waals surface area contributed by atoms with Crippen LogP contribution in [0, 0.1) is 5.92 Å². The van der Waals surface area contributed by atoms with E-state index in [1.807, 2.05) is 0 Å². The molecule has 0 aliphatic heterocycles. The van der Waals surface area contributed by atoms with Crippen molar-refractivity contribution in [2.45, 2.75) is 51.5 Å². The third-order valence-electron chi connectivity index (χ3n) is 3.63. The van der Waals surface area contributed by atoms with Crippen LogP contribution < -0.4 is 11.1 Å². The van der Waals surface area contributed by atoms with E-state index < -0.39 is 0 Å². The minimum atomic E-state index is -0.0816. The molecule has 0 bridgehead atoms. The fourth-order valence-electron chi connectivity index (χ4n) is 2.65. The molecule has 2 rings (SSSR count). The van der Waals surface area contributed by atoms with Gasteiger partial charge in [-0.05, 0) is 31.6 Å². The van der Waals surface area contributed by atoms with Gasteiger partial charge in [-0.2, -0.15) is 0 Å². The van der Waals surface area contributed by atoms with E-state index in [2.05, 4.69) is 17.2 Å². The molecule has 0 atom stereocenters. The molecule has 100 valence electrons. The summed E-state index contributed by atoms with van der Waals surface area (Å²) in [6.45, 7) is 2.24. The Bertz CT molecular complexity index is 397. The van der Waals surface area contributed by atoms with Crippen molar-refractivity contribution in [2.75, 3.05) is 5.73 Å². The summed E-state index contributed by atoms with van der Waals surface area (Å²) in [5.74, 6) is 0.778. The number of amides is 1. The highest BCUT2D eigenvalue weighted by molar-refractivity contribution is 7.13. The molecule has 1 fully saturated rings. The van der Waals surface area contributed by atoms with Gasteiger partial charge < -0.3 is 11.1 Å². The second kappa shape index (κ2) is 6.18. The molecular formula is C13H21N3OS. The van der Waals surface area contributed by atoms with Gasteiger partial charge >= 0.3 is 0 Å². The van der Waals surface area contributed by atoms with E-state index in [1.165, 1.54) is 37.0 Å². The highest BCUT2D eigenvalue weighted by atomic mass is 32.1. The maximum atomic E-state index is 11.9. The van der Waals surface area contributed by atoms with Gasteiger partial charge in [-0.3, -0.25) is 4.79 Å². The molecular weight excluding hydrogens is 246 g/mol. The number of aromatic nitrogens is 1. The summed E-state index contributed by atoms with van der Waals surface area (Å²) in [5.41, 5.74) is 5.98. The second-order valence-corrected chi connectivity index (χ2v) is 5.94. The van der Waals surface area contributed by atoms with Crippen molar-refractivity contribution in [1.82, 2.24) is 10.3 Å². The lowest BCUT2D eigenvalue weighted by Gasteiger charge is -2.28. The van der Waals surface area contributed by atoms with Crippen LogP contribution in [-0.4, -0.2) is 16.9 Å². The normalized spacial score (nSPS) is 23.8. The van der Waals surface area contributed by atoms with Crippen molar-refractivity contribution >= 4 is 22.4 Å². The maximum absolute atomic E-state index is 11.9. The lowest BCUT2D eigenvalue weighted by molar-refractivity contribution is 0.0917. The van der Waals surface area contributed by atoms with Crippen LogP contribution in [0.1, 0.15) is 55.9 Å². The van der Waals surface area contributed by atoms with Gasteiger partial charge in [0.25, 0.3) is 5.91 Å². The maximum Gasteiger partial charge on any atom is 0.271 e. The molecule has 0 unspecified atom stereocenters. The molecule has 1 aliphatic carbocycles. The molecule has 4 nitrogen and oxygen atoms in total. The molecule has 0 aromatic carbocycles. The van der Waals surface area contributed by atoms with Gasteiger partial charge in [0.05, 0.1) is 0 Å². The van der Waals surface area contributed by atoms with Gasteiger partial charge in [-0.25, -0.2) is 4.98 Å². The highest BCUT2D eigenvalue weighted by Gasteiger charge is 2.22. The number of carbonyl (C=O) groups is 1. The first-order valence-corrected chi connectivity index (χ1v) is 7.59. The Balaban J connectivity index is 1.79. The smallest absolute Gasteiger partial charge is 0.271 e. The van der Waals surface area contributed by atoms with Crippen LogP contribution >= 0.6 is 11.3 Å². The van der Waals surface area contributed by atoms with Crippen LogP contribution in [0.5, 0.6) is 0 Å². The van der Waals surface area contributed by atoms with Gasteiger partial charge in [0, 0.05) is 11.4 Å². The predicted octanol–water partition coefficient (Wildman–Crippen LogP) is 2.81. The minimum Gasteiger partial charge on any atom is -0.375 e. The third-order valence-corrected chi connectivity index (χ3v) is 4.31. The molecule has 1 heterocycles. The summed E-state index contributed by atoms with van der Waals surface area (Å²) in [6, 6.07) is 0.313. The first kappa shape index (κ1) is 13.3. The molecule has 0 spiro atoms. The average molecular weight is 267 g/mol. The van der Waals surface area contributed by atoms with Crippen molar-refractivity contribution in [1.29, 1.82) is 0 Å². The van der Waals surface area contributed by atoms with Crippen molar-refractivity contribution in [3.63, 3.8) is 0 Å². The molecule has 1 aromatic heterocycles. The molecule has 1 saturated carbocycles. The number of rotatable bonds is 4. The predicted molar refractivity (Wildman–Crippen MR) is 74.6 cm³/mol. The molecule has 1 amide bonds. The summed E-state index contributed by atoms with van der Waals surface area (Å²) in [5, 5.41) is 5.23. The van der Waals surface area contributed by atoms with Crippen molar-refractivity contribution in [3.05, 3.63) is 11.1 Å². The quantitative estimate of drug-likeness (QED) is 0.881. The second-order valence-electron chi connectivity index (χ2n) is 5.05. The summed E-state index contributed by atoms with van der Waals surface area (Å²) in [7, 11) is 0. The molecule has 5 heteroatoms. The van der Waals surface area contributed by atoms with Gasteiger partial charge in [0.2, 0.25) is 0 Å². The third kappa shape index (κ3) is 3.45. The molecule has 18 heavy (non-hydrogen) atoms. The number of nitrogens with two attached hydrogens (primary N) is 1. The van der Waals surface area contributed by atoms with Crippen LogP contribution in [-0.2, 0) is 0 Å². The number of nitrogen functional groups attached to an aromatic ring is 1. The van der Waals surface area contributed by atoms with Gasteiger partial charge in [0.15, 0.2) is 5.13 Å². The first-order valence-electron chi connectivity index (χ1n) is 6.71. The summed E-state index contributed by atoms with van der Waals surface area (Å²) < 4.78 is 0. The molecule has 0 radical (unpaired) electrons. The van der Waals surface area contributed by atoms with E-state index >= 15 is 0 Å². The topological polar surface area (TPSA) is 68.0 Å². The van der Waals surface area contributed by atoms with E-state index in [4.69, 9.17) is 5.73 Å². The lowest BCUT2D eigenvalue weighted by atomic mass is 9.83. The first-order chi connectivity index (χ1) is 8.69. The van der Waals surface area contributed by atoms with E-state index in [1.54, 1.807) is 5.38 Å². The Morgan fingerprint density at radius 1 is 1.50 bits per heavy atom. The number of carbonyl (C=O) groups excluding carboxylic acids is 1. The Labute approximate surface area is 112 Å². The Kier molecular flexibility index (Phi) is 4.58. The monoisotopic (exact) mass is 267 g/mol. The van der Waals surface area contributed by atoms with Gasteiger partial charge in [-0.15, -0.1) is 11.3 Å². The number of hydrogen-bond acceptors (Lipinski definition) is 4.